The van der Waals surface area contributed by atoms with E-state index >= 15 is 0 Å². The molecule has 0 fully saturated rings. The van der Waals surface area contributed by atoms with E-state index in [9.17, 15) is 9.18 Å². The first-order valence-electron chi connectivity index (χ1n) is 4.46. The summed E-state index contributed by atoms with van der Waals surface area (Å²) in [5.74, 6) is -1.27. The number of carboxylic acids is 1. The molecule has 80 valence electrons. The Balaban J connectivity index is 0.000000500. The summed E-state index contributed by atoms with van der Waals surface area (Å²) in [5, 5.41) is 11.1. The van der Waals surface area contributed by atoms with Crippen molar-refractivity contribution in [2.75, 3.05) is 14.1 Å². The minimum absolute atomic E-state index is 0.206. The van der Waals surface area contributed by atoms with E-state index in [0.29, 0.717) is 18.4 Å². The Labute approximate surface area is 83.3 Å². The Morgan fingerprint density at radius 2 is 2.21 bits per heavy atom. The van der Waals surface area contributed by atoms with E-state index in [-0.39, 0.29) is 12.2 Å². The van der Waals surface area contributed by atoms with E-state index in [0.717, 1.165) is 0 Å². The number of carboxylic acid groups (broad SMARTS) is 1. The highest BCUT2D eigenvalue weighted by Gasteiger charge is 2.10. The topological polar surface area (TPSA) is 49.3 Å². The van der Waals surface area contributed by atoms with Gasteiger partial charge in [-0.05, 0) is 26.1 Å². The van der Waals surface area contributed by atoms with Crippen molar-refractivity contribution in [1.29, 1.82) is 0 Å². The van der Waals surface area contributed by atoms with E-state index in [1.807, 2.05) is 14.1 Å². The number of aliphatic carboxylic acids is 1. The van der Waals surface area contributed by atoms with Gasteiger partial charge in [-0.25, -0.2) is 4.39 Å². The lowest BCUT2D eigenvalue weighted by Crippen LogP contribution is -1.99. The second kappa shape index (κ2) is 7.26. The zero-order chi connectivity index (χ0) is 11.0. The zero-order valence-electron chi connectivity index (χ0n) is 8.51. The van der Waals surface area contributed by atoms with E-state index < -0.39 is 5.97 Å². The lowest BCUT2D eigenvalue weighted by molar-refractivity contribution is -0.136. The summed E-state index contributed by atoms with van der Waals surface area (Å²) in [6.45, 7) is 0. The summed E-state index contributed by atoms with van der Waals surface area (Å²) in [7, 11) is 3.75. The van der Waals surface area contributed by atoms with E-state index in [2.05, 4.69) is 5.32 Å². The summed E-state index contributed by atoms with van der Waals surface area (Å²) in [4.78, 5) is 10.2. The molecule has 3 nitrogen and oxygen atoms in total. The van der Waals surface area contributed by atoms with Crippen LogP contribution >= 0.6 is 0 Å². The third kappa shape index (κ3) is 5.48. The summed E-state index contributed by atoms with van der Waals surface area (Å²) in [6.07, 6.45) is 4.16. The van der Waals surface area contributed by atoms with Gasteiger partial charge in [0.1, 0.15) is 5.83 Å². The van der Waals surface area contributed by atoms with Gasteiger partial charge >= 0.3 is 5.97 Å². The van der Waals surface area contributed by atoms with E-state index in [1.165, 1.54) is 0 Å². The highest BCUT2D eigenvalue weighted by molar-refractivity contribution is 5.71. The molecule has 0 aromatic rings. The maximum absolute atomic E-state index is 12.8. The van der Waals surface area contributed by atoms with Gasteiger partial charge in [-0.15, -0.1) is 0 Å². The van der Waals surface area contributed by atoms with Crippen LogP contribution in [0.4, 0.5) is 4.39 Å². The van der Waals surface area contributed by atoms with Crippen molar-refractivity contribution in [3.63, 3.8) is 0 Å². The van der Waals surface area contributed by atoms with Crippen LogP contribution in [0.2, 0.25) is 0 Å². The maximum atomic E-state index is 12.8. The monoisotopic (exact) mass is 201 g/mol. The van der Waals surface area contributed by atoms with E-state index in [4.69, 9.17) is 5.11 Å². The molecule has 0 saturated heterocycles. The molecule has 4 heteroatoms. The molecule has 0 aromatic heterocycles. The Kier molecular flexibility index (Phi) is 6.66. The number of rotatable bonds is 2. The van der Waals surface area contributed by atoms with Crippen molar-refractivity contribution < 1.29 is 14.3 Å². The van der Waals surface area contributed by atoms with Crippen LogP contribution in [0.1, 0.15) is 19.3 Å². The Hall–Kier alpha value is -1.16. The number of nitrogens with one attached hydrogen (secondary N) is 1. The van der Waals surface area contributed by atoms with Crippen LogP contribution < -0.4 is 5.32 Å². The minimum atomic E-state index is -0.985. The fourth-order valence-electron chi connectivity index (χ4n) is 1.00. The summed E-state index contributed by atoms with van der Waals surface area (Å²) < 4.78 is 12.8. The first kappa shape index (κ1) is 12.8. The number of halogens is 1. The molecule has 0 radical (unpaired) electrons. The van der Waals surface area contributed by atoms with Gasteiger partial charge in [0.05, 0.1) is 6.42 Å². The second-order valence-corrected chi connectivity index (χ2v) is 2.94. The molecule has 0 atom stereocenters. The SMILES string of the molecule is CNC.O=C(O)CC1=C(F)CCC=C1. The molecule has 0 spiro atoms. The lowest BCUT2D eigenvalue weighted by atomic mass is 10.0. The second-order valence-electron chi connectivity index (χ2n) is 2.94. The van der Waals surface area contributed by atoms with Crippen LogP contribution in [0.5, 0.6) is 0 Å². The maximum Gasteiger partial charge on any atom is 0.307 e. The fourth-order valence-corrected chi connectivity index (χ4v) is 1.00. The third-order valence-electron chi connectivity index (χ3n) is 1.54. The third-order valence-corrected chi connectivity index (χ3v) is 1.54. The fraction of sp³-hybridized carbons (Fsp3) is 0.500. The predicted molar refractivity (Wildman–Crippen MR) is 53.7 cm³/mol. The smallest absolute Gasteiger partial charge is 0.307 e. The zero-order valence-corrected chi connectivity index (χ0v) is 8.51. The predicted octanol–water partition coefficient (Wildman–Crippen LogP) is 1.87. The van der Waals surface area contributed by atoms with Crippen LogP contribution in [0, 0.1) is 0 Å². The van der Waals surface area contributed by atoms with Crippen LogP contribution in [0.15, 0.2) is 23.6 Å². The molecular weight excluding hydrogens is 185 g/mol. The van der Waals surface area contributed by atoms with Crippen molar-refractivity contribution in [1.82, 2.24) is 5.32 Å². The van der Waals surface area contributed by atoms with Gasteiger partial charge < -0.3 is 10.4 Å². The lowest BCUT2D eigenvalue weighted by Gasteiger charge is -2.06. The van der Waals surface area contributed by atoms with Gasteiger partial charge in [-0.2, -0.15) is 0 Å². The summed E-state index contributed by atoms with van der Waals surface area (Å²) >= 11 is 0. The Bertz CT molecular complexity index is 247. The normalized spacial score (nSPS) is 14.8. The molecule has 0 bridgehead atoms. The quantitative estimate of drug-likeness (QED) is 0.717. The Morgan fingerprint density at radius 1 is 1.64 bits per heavy atom. The molecule has 0 heterocycles. The standard InChI is InChI=1S/C8H9FO2.C2H7N/c9-7-4-2-1-3-6(7)5-8(10)11;1-3-2/h1,3H,2,4-5H2,(H,10,11);3H,1-2H3. The van der Waals surface area contributed by atoms with Gasteiger partial charge in [0, 0.05) is 6.42 Å². The number of hydrogen-bond acceptors (Lipinski definition) is 2. The van der Waals surface area contributed by atoms with Gasteiger partial charge in [0.2, 0.25) is 0 Å². The molecule has 0 amide bonds. The van der Waals surface area contributed by atoms with Crippen molar-refractivity contribution in [2.24, 2.45) is 0 Å². The average Bonchev–Trinajstić information content (AvgIpc) is 2.09. The van der Waals surface area contributed by atoms with Gasteiger partial charge in [0.25, 0.3) is 0 Å². The molecule has 1 aliphatic carbocycles. The highest BCUT2D eigenvalue weighted by Crippen LogP contribution is 2.21. The molecule has 1 rings (SSSR count). The van der Waals surface area contributed by atoms with Gasteiger partial charge in [-0.3, -0.25) is 4.79 Å². The van der Waals surface area contributed by atoms with Gasteiger partial charge in [-0.1, -0.05) is 12.2 Å². The number of allylic oxidation sites excluding steroid dienone is 3. The summed E-state index contributed by atoms with van der Waals surface area (Å²) in [6, 6.07) is 0. The minimum Gasteiger partial charge on any atom is -0.481 e. The van der Waals surface area contributed by atoms with Crippen molar-refractivity contribution >= 4 is 5.97 Å². The van der Waals surface area contributed by atoms with Crippen molar-refractivity contribution in [3.8, 4) is 0 Å². The van der Waals surface area contributed by atoms with E-state index in [1.54, 1.807) is 12.2 Å². The van der Waals surface area contributed by atoms with Crippen LogP contribution in [0.3, 0.4) is 0 Å². The first-order valence-corrected chi connectivity index (χ1v) is 4.46. The average molecular weight is 201 g/mol. The molecule has 2 N–H and O–H groups in total. The molecule has 0 aromatic carbocycles. The van der Waals surface area contributed by atoms with Crippen LogP contribution in [0.25, 0.3) is 0 Å². The number of hydrogen-bond donors (Lipinski definition) is 2. The first-order chi connectivity index (χ1) is 6.61. The molecule has 0 saturated carbocycles. The van der Waals surface area contributed by atoms with Gasteiger partial charge in [0.15, 0.2) is 0 Å². The molecule has 0 aliphatic heterocycles. The van der Waals surface area contributed by atoms with Crippen LogP contribution in [-0.4, -0.2) is 25.2 Å². The molecule has 0 unspecified atom stereocenters. The largest absolute Gasteiger partial charge is 0.481 e. The van der Waals surface area contributed by atoms with Crippen molar-refractivity contribution in [3.05, 3.63) is 23.6 Å². The Morgan fingerprint density at radius 3 is 2.64 bits per heavy atom. The molecule has 1 aliphatic rings. The molecular formula is C10H16FNO2. The number of carbonyl (C=O) groups is 1. The summed E-state index contributed by atoms with van der Waals surface area (Å²) in [5.41, 5.74) is 0.309. The van der Waals surface area contributed by atoms with Crippen LogP contribution in [-0.2, 0) is 4.79 Å². The van der Waals surface area contributed by atoms with Crippen molar-refractivity contribution in [2.45, 2.75) is 19.3 Å². The highest BCUT2D eigenvalue weighted by atomic mass is 19.1. The molecule has 14 heavy (non-hydrogen) atoms.